The van der Waals surface area contributed by atoms with Gasteiger partial charge in [-0.2, -0.15) is 11.8 Å². The zero-order chi connectivity index (χ0) is 12.0. The predicted molar refractivity (Wildman–Crippen MR) is 77.8 cm³/mol. The highest BCUT2D eigenvalue weighted by Gasteiger charge is 2.22. The van der Waals surface area contributed by atoms with Gasteiger partial charge in [0.1, 0.15) is 0 Å². The predicted octanol–water partition coefficient (Wildman–Crippen LogP) is 2.14. The van der Waals surface area contributed by atoms with E-state index >= 15 is 0 Å². The summed E-state index contributed by atoms with van der Waals surface area (Å²) in [6, 6.07) is -0.291. The highest BCUT2D eigenvalue weighted by molar-refractivity contribution is 7.98. The van der Waals surface area contributed by atoms with Crippen LogP contribution < -0.4 is 5.73 Å². The third-order valence-corrected chi connectivity index (χ3v) is 3.92. The van der Waals surface area contributed by atoms with Crippen LogP contribution in [0.3, 0.4) is 0 Å². The van der Waals surface area contributed by atoms with Crippen molar-refractivity contribution in [1.82, 2.24) is 4.90 Å². The van der Waals surface area contributed by atoms with E-state index in [0.29, 0.717) is 0 Å². The molecule has 0 radical (unpaired) electrons. The molecule has 1 aliphatic heterocycles. The molecule has 1 amide bonds. The van der Waals surface area contributed by atoms with Gasteiger partial charge in [-0.3, -0.25) is 4.79 Å². The molecular formula is C12H25ClN2OS. The van der Waals surface area contributed by atoms with Crippen LogP contribution in [0.2, 0.25) is 0 Å². The van der Waals surface area contributed by atoms with Gasteiger partial charge in [-0.1, -0.05) is 6.92 Å². The summed E-state index contributed by atoms with van der Waals surface area (Å²) < 4.78 is 0. The molecule has 0 saturated carbocycles. The molecule has 5 heteroatoms. The number of rotatable bonds is 4. The Labute approximate surface area is 115 Å². The number of carbonyl (C=O) groups excluding carboxylic acids is 1. The molecule has 102 valence electrons. The summed E-state index contributed by atoms with van der Waals surface area (Å²) in [7, 11) is 0. The monoisotopic (exact) mass is 280 g/mol. The molecular weight excluding hydrogens is 256 g/mol. The first-order chi connectivity index (χ1) is 7.65. The van der Waals surface area contributed by atoms with Crippen molar-refractivity contribution in [3.05, 3.63) is 0 Å². The SMILES string of the molecule is CSCC[C@H](N)C(=O)N1CCCC(C)CC1.Cl. The first kappa shape index (κ1) is 17.1. The second kappa shape index (κ2) is 9.06. The summed E-state index contributed by atoms with van der Waals surface area (Å²) in [6.45, 7) is 4.06. The Kier molecular flexibility index (Phi) is 9.10. The Morgan fingerprint density at radius 1 is 1.47 bits per heavy atom. The van der Waals surface area contributed by atoms with Crippen molar-refractivity contribution in [2.24, 2.45) is 11.7 Å². The Morgan fingerprint density at radius 2 is 2.18 bits per heavy atom. The molecule has 17 heavy (non-hydrogen) atoms. The standard InChI is InChI=1S/C12H24N2OS.ClH/c1-10-4-3-7-14(8-5-10)12(15)11(13)6-9-16-2;/h10-11H,3-9,13H2,1-2H3;1H/t10?,11-;/m0./s1. The molecule has 1 aliphatic rings. The molecule has 3 nitrogen and oxygen atoms in total. The first-order valence-electron chi connectivity index (χ1n) is 6.18. The zero-order valence-electron chi connectivity index (χ0n) is 10.9. The number of amides is 1. The van der Waals surface area contributed by atoms with Crippen molar-refractivity contribution in [2.75, 3.05) is 25.1 Å². The molecule has 0 aromatic rings. The summed E-state index contributed by atoms with van der Waals surface area (Å²) in [6.07, 6.45) is 6.34. The van der Waals surface area contributed by atoms with Crippen LogP contribution in [0.4, 0.5) is 0 Å². The lowest BCUT2D eigenvalue weighted by molar-refractivity contribution is -0.132. The zero-order valence-corrected chi connectivity index (χ0v) is 12.5. The van der Waals surface area contributed by atoms with Crippen molar-refractivity contribution in [3.8, 4) is 0 Å². The summed E-state index contributed by atoms with van der Waals surface area (Å²) >= 11 is 1.75. The maximum absolute atomic E-state index is 12.1. The number of thioether (sulfide) groups is 1. The molecule has 1 unspecified atom stereocenters. The average Bonchev–Trinajstić information content (AvgIpc) is 2.50. The number of likely N-dealkylation sites (tertiary alicyclic amines) is 1. The van der Waals surface area contributed by atoms with E-state index < -0.39 is 0 Å². The Balaban J connectivity index is 0.00000256. The van der Waals surface area contributed by atoms with Gasteiger partial charge in [-0.25, -0.2) is 0 Å². The topological polar surface area (TPSA) is 46.3 Å². The van der Waals surface area contributed by atoms with E-state index in [1.54, 1.807) is 11.8 Å². The summed E-state index contributed by atoms with van der Waals surface area (Å²) in [5, 5.41) is 0. The quantitative estimate of drug-likeness (QED) is 0.858. The molecule has 0 bridgehead atoms. The van der Waals surface area contributed by atoms with Gasteiger partial charge in [-0.05, 0) is 43.6 Å². The lowest BCUT2D eigenvalue weighted by Gasteiger charge is -2.24. The van der Waals surface area contributed by atoms with Gasteiger partial charge in [0.2, 0.25) is 5.91 Å². The number of hydrogen-bond donors (Lipinski definition) is 1. The maximum atomic E-state index is 12.1. The fourth-order valence-corrected chi connectivity index (χ4v) is 2.58. The van der Waals surface area contributed by atoms with Crippen molar-refractivity contribution < 1.29 is 4.79 Å². The normalized spacial score (nSPS) is 22.5. The van der Waals surface area contributed by atoms with E-state index in [1.807, 2.05) is 11.2 Å². The van der Waals surface area contributed by atoms with Gasteiger partial charge in [-0.15, -0.1) is 12.4 Å². The van der Waals surface area contributed by atoms with E-state index in [9.17, 15) is 4.79 Å². The molecule has 0 aromatic heterocycles. The number of nitrogens with zero attached hydrogens (tertiary/aromatic N) is 1. The number of halogens is 1. The fraction of sp³-hybridized carbons (Fsp3) is 0.917. The largest absolute Gasteiger partial charge is 0.341 e. The van der Waals surface area contributed by atoms with Crippen molar-refractivity contribution in [3.63, 3.8) is 0 Å². The second-order valence-corrected chi connectivity index (χ2v) is 5.73. The van der Waals surface area contributed by atoms with Crippen molar-refractivity contribution in [1.29, 1.82) is 0 Å². The van der Waals surface area contributed by atoms with Gasteiger partial charge in [0.25, 0.3) is 0 Å². The van der Waals surface area contributed by atoms with E-state index in [4.69, 9.17) is 5.73 Å². The molecule has 1 rings (SSSR count). The third-order valence-electron chi connectivity index (χ3n) is 3.28. The Morgan fingerprint density at radius 3 is 2.82 bits per heavy atom. The fourth-order valence-electron chi connectivity index (χ4n) is 2.09. The molecule has 1 heterocycles. The highest BCUT2D eigenvalue weighted by atomic mass is 35.5. The number of carbonyl (C=O) groups is 1. The van der Waals surface area contributed by atoms with Crippen LogP contribution in [0.25, 0.3) is 0 Å². The summed E-state index contributed by atoms with van der Waals surface area (Å²) in [4.78, 5) is 14.0. The smallest absolute Gasteiger partial charge is 0.239 e. The lowest BCUT2D eigenvalue weighted by Crippen LogP contribution is -2.44. The number of nitrogens with two attached hydrogens (primary N) is 1. The van der Waals surface area contributed by atoms with Crippen LogP contribution in [0, 0.1) is 5.92 Å². The van der Waals surface area contributed by atoms with E-state index in [2.05, 4.69) is 6.92 Å². The van der Waals surface area contributed by atoms with Crippen molar-refractivity contribution in [2.45, 2.75) is 38.6 Å². The third kappa shape index (κ3) is 5.98. The first-order valence-corrected chi connectivity index (χ1v) is 7.58. The van der Waals surface area contributed by atoms with E-state index in [1.165, 1.54) is 6.42 Å². The summed E-state index contributed by atoms with van der Waals surface area (Å²) in [5.74, 6) is 1.88. The molecule has 1 saturated heterocycles. The lowest BCUT2D eigenvalue weighted by atomic mass is 10.0. The Bertz CT molecular complexity index is 229. The Hall–Kier alpha value is 0.0700. The van der Waals surface area contributed by atoms with Gasteiger partial charge in [0, 0.05) is 13.1 Å². The van der Waals surface area contributed by atoms with Crippen molar-refractivity contribution >= 4 is 30.1 Å². The van der Waals surface area contributed by atoms with Gasteiger partial charge >= 0.3 is 0 Å². The average molecular weight is 281 g/mol. The molecule has 1 fully saturated rings. The summed E-state index contributed by atoms with van der Waals surface area (Å²) in [5.41, 5.74) is 5.92. The van der Waals surface area contributed by atoms with Crippen LogP contribution in [-0.2, 0) is 4.79 Å². The highest BCUT2D eigenvalue weighted by Crippen LogP contribution is 2.17. The minimum Gasteiger partial charge on any atom is -0.341 e. The number of hydrogen-bond acceptors (Lipinski definition) is 3. The molecule has 0 aromatic carbocycles. The van der Waals surface area contributed by atoms with Crippen LogP contribution in [0.5, 0.6) is 0 Å². The molecule has 2 atom stereocenters. The van der Waals surface area contributed by atoms with Crippen LogP contribution >= 0.6 is 24.2 Å². The molecule has 0 spiro atoms. The van der Waals surface area contributed by atoms with Crippen LogP contribution in [-0.4, -0.2) is 41.9 Å². The maximum Gasteiger partial charge on any atom is 0.239 e. The molecule has 0 aliphatic carbocycles. The van der Waals surface area contributed by atoms with Gasteiger partial charge in [0.05, 0.1) is 6.04 Å². The van der Waals surface area contributed by atoms with E-state index in [-0.39, 0.29) is 24.4 Å². The van der Waals surface area contributed by atoms with Crippen LogP contribution in [0.15, 0.2) is 0 Å². The molecule has 2 N–H and O–H groups in total. The second-order valence-electron chi connectivity index (χ2n) is 4.75. The van der Waals surface area contributed by atoms with Gasteiger partial charge in [0.15, 0.2) is 0 Å². The van der Waals surface area contributed by atoms with E-state index in [0.717, 1.165) is 44.0 Å². The minimum absolute atomic E-state index is 0. The van der Waals surface area contributed by atoms with Crippen LogP contribution in [0.1, 0.15) is 32.6 Å². The van der Waals surface area contributed by atoms with Gasteiger partial charge < -0.3 is 10.6 Å². The minimum atomic E-state index is -0.291.